The van der Waals surface area contributed by atoms with Gasteiger partial charge in [0.05, 0.1) is 32.4 Å². The standard InChI is InChI=1S/C19H39N5O3/c1-5-20-18(21-8-7-9-24-10-12-26-13-11-24)22-15-17(14-16(3)4)23-19(25)27-6-2/h16-17H,5-15H2,1-4H3,(H,23,25)(H2,20,21,22). The molecule has 1 rings (SSSR count). The van der Waals surface area contributed by atoms with Crippen LogP contribution < -0.4 is 16.0 Å². The Morgan fingerprint density at radius 1 is 1.22 bits per heavy atom. The smallest absolute Gasteiger partial charge is 0.407 e. The van der Waals surface area contributed by atoms with Crippen molar-refractivity contribution in [1.82, 2.24) is 20.9 Å². The lowest BCUT2D eigenvalue weighted by molar-refractivity contribution is 0.0376. The fourth-order valence-electron chi connectivity index (χ4n) is 2.97. The Hall–Kier alpha value is -1.54. The maximum Gasteiger partial charge on any atom is 0.407 e. The van der Waals surface area contributed by atoms with Gasteiger partial charge in [0.25, 0.3) is 0 Å². The molecule has 0 aromatic rings. The van der Waals surface area contributed by atoms with E-state index in [1.54, 1.807) is 6.92 Å². The zero-order valence-corrected chi connectivity index (χ0v) is 17.6. The highest BCUT2D eigenvalue weighted by atomic mass is 16.5. The van der Waals surface area contributed by atoms with E-state index >= 15 is 0 Å². The highest BCUT2D eigenvalue weighted by Crippen LogP contribution is 2.05. The molecule has 1 aliphatic rings. The van der Waals surface area contributed by atoms with Crippen molar-refractivity contribution in [1.29, 1.82) is 0 Å². The first-order valence-electron chi connectivity index (χ1n) is 10.3. The van der Waals surface area contributed by atoms with E-state index in [1.807, 2.05) is 6.92 Å². The third-order valence-corrected chi connectivity index (χ3v) is 4.21. The zero-order valence-electron chi connectivity index (χ0n) is 17.6. The fourth-order valence-corrected chi connectivity index (χ4v) is 2.97. The van der Waals surface area contributed by atoms with Crippen LogP contribution in [0.3, 0.4) is 0 Å². The van der Waals surface area contributed by atoms with Gasteiger partial charge in [-0.1, -0.05) is 13.8 Å². The number of morpholine rings is 1. The largest absolute Gasteiger partial charge is 0.450 e. The van der Waals surface area contributed by atoms with Crippen LogP contribution in [0.15, 0.2) is 4.99 Å². The molecule has 0 aromatic carbocycles. The van der Waals surface area contributed by atoms with Gasteiger partial charge in [0.1, 0.15) is 0 Å². The average molecular weight is 386 g/mol. The Balaban J connectivity index is 2.43. The van der Waals surface area contributed by atoms with Crippen LogP contribution >= 0.6 is 0 Å². The predicted octanol–water partition coefficient (Wildman–Crippen LogP) is 1.42. The molecule has 1 aliphatic heterocycles. The topological polar surface area (TPSA) is 87.2 Å². The van der Waals surface area contributed by atoms with Gasteiger partial charge >= 0.3 is 6.09 Å². The molecule has 27 heavy (non-hydrogen) atoms. The number of rotatable bonds is 11. The summed E-state index contributed by atoms with van der Waals surface area (Å²) in [5.41, 5.74) is 0. The second kappa shape index (κ2) is 14.5. The molecule has 1 unspecified atom stereocenters. The van der Waals surface area contributed by atoms with Crippen LogP contribution in [0.1, 0.15) is 40.5 Å². The fraction of sp³-hybridized carbons (Fsp3) is 0.895. The summed E-state index contributed by atoms with van der Waals surface area (Å²) in [4.78, 5) is 18.8. The van der Waals surface area contributed by atoms with Crippen molar-refractivity contribution in [2.45, 2.75) is 46.6 Å². The second-order valence-electron chi connectivity index (χ2n) is 7.15. The van der Waals surface area contributed by atoms with E-state index in [1.165, 1.54) is 0 Å². The molecule has 1 atom stereocenters. The third-order valence-electron chi connectivity index (χ3n) is 4.21. The lowest BCUT2D eigenvalue weighted by Crippen LogP contribution is -2.42. The molecular formula is C19H39N5O3. The molecule has 1 fully saturated rings. The molecule has 8 heteroatoms. The van der Waals surface area contributed by atoms with Gasteiger partial charge in [-0.05, 0) is 39.2 Å². The van der Waals surface area contributed by atoms with Gasteiger partial charge in [-0.25, -0.2) is 4.79 Å². The first kappa shape index (κ1) is 23.5. The molecule has 0 aliphatic carbocycles. The van der Waals surface area contributed by atoms with Crippen molar-refractivity contribution in [3.8, 4) is 0 Å². The van der Waals surface area contributed by atoms with Crippen LogP contribution in [-0.4, -0.2) is 82.1 Å². The van der Waals surface area contributed by atoms with Crippen molar-refractivity contribution in [2.75, 3.05) is 59.1 Å². The van der Waals surface area contributed by atoms with E-state index in [0.717, 1.165) is 64.7 Å². The Labute approximate surface area is 164 Å². The minimum absolute atomic E-state index is 0.0344. The second-order valence-corrected chi connectivity index (χ2v) is 7.15. The summed E-state index contributed by atoms with van der Waals surface area (Å²) in [5, 5.41) is 9.57. The normalized spacial score (nSPS) is 16.9. The zero-order chi connectivity index (χ0) is 19.9. The number of guanidine groups is 1. The summed E-state index contributed by atoms with van der Waals surface area (Å²) in [6.07, 6.45) is 1.54. The van der Waals surface area contributed by atoms with Crippen molar-refractivity contribution in [3.05, 3.63) is 0 Å². The monoisotopic (exact) mass is 385 g/mol. The Bertz CT molecular complexity index is 426. The summed E-state index contributed by atoms with van der Waals surface area (Å²) < 4.78 is 10.4. The lowest BCUT2D eigenvalue weighted by atomic mass is 10.0. The van der Waals surface area contributed by atoms with Crippen molar-refractivity contribution >= 4 is 12.1 Å². The number of amides is 1. The Morgan fingerprint density at radius 2 is 1.96 bits per heavy atom. The van der Waals surface area contributed by atoms with E-state index < -0.39 is 0 Å². The summed E-state index contributed by atoms with van der Waals surface area (Å²) in [6, 6.07) is -0.0344. The third kappa shape index (κ3) is 11.7. The van der Waals surface area contributed by atoms with Crippen LogP contribution in [0, 0.1) is 5.92 Å². The number of nitrogens with one attached hydrogen (secondary N) is 3. The number of nitrogens with zero attached hydrogens (tertiary/aromatic N) is 2. The minimum atomic E-state index is -0.373. The molecule has 1 amide bonds. The minimum Gasteiger partial charge on any atom is -0.450 e. The van der Waals surface area contributed by atoms with Crippen LogP contribution in [0.4, 0.5) is 4.79 Å². The first-order valence-corrected chi connectivity index (χ1v) is 10.3. The molecule has 1 heterocycles. The van der Waals surface area contributed by atoms with E-state index in [4.69, 9.17) is 9.47 Å². The first-order chi connectivity index (χ1) is 13.0. The van der Waals surface area contributed by atoms with Crippen LogP contribution in [0.2, 0.25) is 0 Å². The number of aliphatic imine (C=N–C) groups is 1. The van der Waals surface area contributed by atoms with Gasteiger partial charge in [-0.3, -0.25) is 9.89 Å². The molecule has 0 aromatic heterocycles. The molecule has 8 nitrogen and oxygen atoms in total. The van der Waals surface area contributed by atoms with E-state index in [9.17, 15) is 4.79 Å². The predicted molar refractivity (Wildman–Crippen MR) is 109 cm³/mol. The van der Waals surface area contributed by atoms with Crippen molar-refractivity contribution in [2.24, 2.45) is 10.9 Å². The van der Waals surface area contributed by atoms with Gasteiger partial charge in [-0.2, -0.15) is 0 Å². The number of carbonyl (C=O) groups excluding carboxylic acids is 1. The van der Waals surface area contributed by atoms with E-state index in [2.05, 4.69) is 39.7 Å². The van der Waals surface area contributed by atoms with Gasteiger partial charge in [0.15, 0.2) is 5.96 Å². The number of alkyl carbamates (subject to hydrolysis) is 1. The number of hydrogen-bond acceptors (Lipinski definition) is 5. The molecule has 0 radical (unpaired) electrons. The van der Waals surface area contributed by atoms with Crippen LogP contribution in [-0.2, 0) is 9.47 Å². The van der Waals surface area contributed by atoms with Gasteiger partial charge in [0, 0.05) is 26.2 Å². The highest BCUT2D eigenvalue weighted by molar-refractivity contribution is 5.79. The van der Waals surface area contributed by atoms with Crippen LogP contribution in [0.5, 0.6) is 0 Å². The maximum absolute atomic E-state index is 11.7. The number of hydrogen-bond donors (Lipinski definition) is 3. The maximum atomic E-state index is 11.7. The molecule has 0 saturated carbocycles. The molecule has 0 spiro atoms. The molecule has 158 valence electrons. The van der Waals surface area contributed by atoms with Gasteiger partial charge < -0.3 is 25.4 Å². The average Bonchev–Trinajstić information content (AvgIpc) is 2.63. The van der Waals surface area contributed by atoms with Crippen molar-refractivity contribution in [3.63, 3.8) is 0 Å². The summed E-state index contributed by atoms with van der Waals surface area (Å²) >= 11 is 0. The number of carbonyl (C=O) groups is 1. The molecule has 1 saturated heterocycles. The number of ether oxygens (including phenoxy) is 2. The lowest BCUT2D eigenvalue weighted by Gasteiger charge is -2.26. The Kier molecular flexibility index (Phi) is 12.6. The summed E-state index contributed by atoms with van der Waals surface area (Å²) in [5.74, 6) is 1.26. The van der Waals surface area contributed by atoms with E-state index in [-0.39, 0.29) is 12.1 Å². The van der Waals surface area contributed by atoms with E-state index in [0.29, 0.717) is 19.1 Å². The highest BCUT2D eigenvalue weighted by Gasteiger charge is 2.15. The SMILES string of the molecule is CCNC(=NCC(CC(C)C)NC(=O)OCC)NCCCN1CCOCC1. The molecule has 3 N–H and O–H groups in total. The van der Waals surface area contributed by atoms with Crippen molar-refractivity contribution < 1.29 is 14.3 Å². The molecular weight excluding hydrogens is 346 g/mol. The van der Waals surface area contributed by atoms with Gasteiger partial charge in [-0.15, -0.1) is 0 Å². The Morgan fingerprint density at radius 3 is 2.59 bits per heavy atom. The summed E-state index contributed by atoms with van der Waals surface area (Å²) in [7, 11) is 0. The van der Waals surface area contributed by atoms with Crippen LogP contribution in [0.25, 0.3) is 0 Å². The molecule has 0 bridgehead atoms. The summed E-state index contributed by atoms with van der Waals surface area (Å²) in [6.45, 7) is 15.5. The van der Waals surface area contributed by atoms with Gasteiger partial charge in [0.2, 0.25) is 0 Å². The quantitative estimate of drug-likeness (QED) is 0.283.